The SMILES string of the molecule is Cc1cccc(NC(=O)CN2C[C@H]3CNC[C@H]3C2)c1C. The van der Waals surface area contributed by atoms with Gasteiger partial charge >= 0.3 is 0 Å². The van der Waals surface area contributed by atoms with Crippen molar-refractivity contribution in [1.82, 2.24) is 10.2 Å². The maximum Gasteiger partial charge on any atom is 0.238 e. The second kappa shape index (κ2) is 5.54. The highest BCUT2D eigenvalue weighted by molar-refractivity contribution is 5.93. The summed E-state index contributed by atoms with van der Waals surface area (Å²) in [5, 5.41) is 6.47. The molecule has 2 fully saturated rings. The number of nitrogens with one attached hydrogen (secondary N) is 2. The van der Waals surface area contributed by atoms with Crippen LogP contribution in [0.5, 0.6) is 0 Å². The van der Waals surface area contributed by atoms with Crippen molar-refractivity contribution in [1.29, 1.82) is 0 Å². The number of rotatable bonds is 3. The summed E-state index contributed by atoms with van der Waals surface area (Å²) in [6.45, 7) is 8.96. The molecule has 0 unspecified atom stereocenters. The van der Waals surface area contributed by atoms with Crippen molar-refractivity contribution >= 4 is 11.6 Å². The Bertz CT molecular complexity index is 502. The molecule has 3 rings (SSSR count). The monoisotopic (exact) mass is 273 g/mol. The Morgan fingerprint density at radius 1 is 1.30 bits per heavy atom. The molecule has 1 amide bonds. The van der Waals surface area contributed by atoms with Crippen LogP contribution in [0.2, 0.25) is 0 Å². The highest BCUT2D eigenvalue weighted by atomic mass is 16.2. The van der Waals surface area contributed by atoms with E-state index in [1.807, 2.05) is 12.1 Å². The van der Waals surface area contributed by atoms with E-state index in [4.69, 9.17) is 0 Å². The van der Waals surface area contributed by atoms with Gasteiger partial charge in [0.05, 0.1) is 6.54 Å². The number of likely N-dealkylation sites (tertiary alicyclic amines) is 1. The van der Waals surface area contributed by atoms with E-state index in [1.54, 1.807) is 0 Å². The van der Waals surface area contributed by atoms with Crippen molar-refractivity contribution in [2.75, 3.05) is 38.0 Å². The average molecular weight is 273 g/mol. The third-order valence-electron chi connectivity index (χ3n) is 4.71. The molecule has 0 saturated carbocycles. The molecule has 2 heterocycles. The number of aryl methyl sites for hydroxylation is 1. The lowest BCUT2D eigenvalue weighted by atomic mass is 10.0. The number of carbonyl (C=O) groups excluding carboxylic acids is 1. The van der Waals surface area contributed by atoms with Crippen LogP contribution in [-0.4, -0.2) is 43.5 Å². The lowest BCUT2D eigenvalue weighted by molar-refractivity contribution is -0.117. The minimum atomic E-state index is 0.103. The lowest BCUT2D eigenvalue weighted by Crippen LogP contribution is -2.33. The van der Waals surface area contributed by atoms with Crippen LogP contribution in [0, 0.1) is 25.7 Å². The number of carbonyl (C=O) groups is 1. The standard InChI is InChI=1S/C16H23N3O/c1-11-4-3-5-15(12(11)2)18-16(20)10-19-8-13-6-17-7-14(13)9-19/h3-5,13-14,17H,6-10H2,1-2H3,(H,18,20)/t13-,14+. The summed E-state index contributed by atoms with van der Waals surface area (Å²) in [5.74, 6) is 1.58. The quantitative estimate of drug-likeness (QED) is 0.875. The van der Waals surface area contributed by atoms with Crippen molar-refractivity contribution in [3.8, 4) is 0 Å². The maximum atomic E-state index is 12.2. The van der Waals surface area contributed by atoms with Crippen LogP contribution >= 0.6 is 0 Å². The highest BCUT2D eigenvalue weighted by Gasteiger charge is 2.36. The number of benzene rings is 1. The Labute approximate surface area is 120 Å². The molecule has 20 heavy (non-hydrogen) atoms. The molecule has 4 heteroatoms. The summed E-state index contributed by atoms with van der Waals surface area (Å²) < 4.78 is 0. The Hall–Kier alpha value is -1.39. The summed E-state index contributed by atoms with van der Waals surface area (Å²) in [7, 11) is 0. The largest absolute Gasteiger partial charge is 0.325 e. The first-order chi connectivity index (χ1) is 9.63. The zero-order valence-corrected chi connectivity index (χ0v) is 12.3. The molecule has 0 aliphatic carbocycles. The van der Waals surface area contributed by atoms with Gasteiger partial charge in [-0.3, -0.25) is 9.69 Å². The Morgan fingerprint density at radius 2 is 2.00 bits per heavy atom. The van der Waals surface area contributed by atoms with Gasteiger partial charge in [-0.2, -0.15) is 0 Å². The first-order valence-electron chi connectivity index (χ1n) is 7.42. The molecule has 1 aromatic rings. The molecule has 2 saturated heterocycles. The molecular weight excluding hydrogens is 250 g/mol. The predicted molar refractivity (Wildman–Crippen MR) is 80.8 cm³/mol. The van der Waals surface area contributed by atoms with Crippen LogP contribution < -0.4 is 10.6 Å². The Balaban J connectivity index is 1.56. The normalized spacial score (nSPS) is 25.7. The van der Waals surface area contributed by atoms with Crippen molar-refractivity contribution in [3.05, 3.63) is 29.3 Å². The number of hydrogen-bond donors (Lipinski definition) is 2. The molecule has 108 valence electrons. The van der Waals surface area contributed by atoms with Crippen LogP contribution in [0.15, 0.2) is 18.2 Å². The summed E-state index contributed by atoms with van der Waals surface area (Å²) in [6, 6.07) is 6.03. The molecule has 0 aromatic heterocycles. The number of anilines is 1. The van der Waals surface area contributed by atoms with Gasteiger partial charge in [-0.1, -0.05) is 12.1 Å². The van der Waals surface area contributed by atoms with Crippen LogP contribution in [0.1, 0.15) is 11.1 Å². The fourth-order valence-electron chi connectivity index (χ4n) is 3.36. The molecule has 0 spiro atoms. The van der Waals surface area contributed by atoms with Gasteiger partial charge < -0.3 is 10.6 Å². The molecule has 1 aromatic carbocycles. The predicted octanol–water partition coefficient (Wildman–Crippen LogP) is 1.39. The number of amides is 1. The van der Waals surface area contributed by atoms with Crippen LogP contribution in [-0.2, 0) is 4.79 Å². The van der Waals surface area contributed by atoms with E-state index in [9.17, 15) is 4.79 Å². The molecule has 2 aliphatic rings. The molecule has 2 N–H and O–H groups in total. The smallest absolute Gasteiger partial charge is 0.238 e. The lowest BCUT2D eigenvalue weighted by Gasteiger charge is -2.17. The van der Waals surface area contributed by atoms with Crippen molar-refractivity contribution in [3.63, 3.8) is 0 Å². The van der Waals surface area contributed by atoms with Gasteiger partial charge in [0.15, 0.2) is 0 Å². The number of hydrogen-bond acceptors (Lipinski definition) is 3. The van der Waals surface area contributed by atoms with Gasteiger partial charge in [0.25, 0.3) is 0 Å². The number of nitrogens with zero attached hydrogens (tertiary/aromatic N) is 1. The number of fused-ring (bicyclic) bond motifs is 1. The minimum Gasteiger partial charge on any atom is -0.325 e. The third kappa shape index (κ3) is 2.72. The summed E-state index contributed by atoms with van der Waals surface area (Å²) >= 11 is 0. The van der Waals surface area contributed by atoms with E-state index in [1.165, 1.54) is 5.56 Å². The van der Waals surface area contributed by atoms with Crippen LogP contribution in [0.25, 0.3) is 0 Å². The van der Waals surface area contributed by atoms with Gasteiger partial charge in [0.1, 0.15) is 0 Å². The third-order valence-corrected chi connectivity index (χ3v) is 4.71. The van der Waals surface area contributed by atoms with E-state index < -0.39 is 0 Å². The Morgan fingerprint density at radius 3 is 2.70 bits per heavy atom. The van der Waals surface area contributed by atoms with Gasteiger partial charge in [-0.15, -0.1) is 0 Å². The van der Waals surface area contributed by atoms with Crippen molar-refractivity contribution in [2.24, 2.45) is 11.8 Å². The van der Waals surface area contributed by atoms with E-state index in [2.05, 4.69) is 35.4 Å². The van der Waals surface area contributed by atoms with Gasteiger partial charge in [0.2, 0.25) is 5.91 Å². The van der Waals surface area contributed by atoms with Crippen LogP contribution in [0.3, 0.4) is 0 Å². The van der Waals surface area contributed by atoms with Gasteiger partial charge in [0, 0.05) is 18.8 Å². The zero-order chi connectivity index (χ0) is 14.1. The summed E-state index contributed by atoms with van der Waals surface area (Å²) in [5.41, 5.74) is 3.31. The van der Waals surface area contributed by atoms with E-state index in [0.29, 0.717) is 6.54 Å². The van der Waals surface area contributed by atoms with Crippen molar-refractivity contribution in [2.45, 2.75) is 13.8 Å². The Kier molecular flexibility index (Phi) is 3.76. The second-order valence-corrected chi connectivity index (χ2v) is 6.17. The second-order valence-electron chi connectivity index (χ2n) is 6.17. The summed E-state index contributed by atoms with van der Waals surface area (Å²) in [6.07, 6.45) is 0. The zero-order valence-electron chi connectivity index (χ0n) is 12.3. The topological polar surface area (TPSA) is 44.4 Å². The van der Waals surface area contributed by atoms with Gasteiger partial charge in [-0.05, 0) is 56.0 Å². The maximum absolute atomic E-state index is 12.2. The fourth-order valence-corrected chi connectivity index (χ4v) is 3.36. The average Bonchev–Trinajstić information content (AvgIpc) is 2.95. The summed E-state index contributed by atoms with van der Waals surface area (Å²) in [4.78, 5) is 14.5. The molecule has 0 radical (unpaired) electrons. The van der Waals surface area contributed by atoms with E-state index >= 15 is 0 Å². The molecule has 4 nitrogen and oxygen atoms in total. The van der Waals surface area contributed by atoms with Crippen LogP contribution in [0.4, 0.5) is 5.69 Å². The van der Waals surface area contributed by atoms with E-state index in [-0.39, 0.29) is 5.91 Å². The molecule has 2 atom stereocenters. The molecular formula is C16H23N3O. The fraction of sp³-hybridized carbons (Fsp3) is 0.562. The molecule has 0 bridgehead atoms. The highest BCUT2D eigenvalue weighted by Crippen LogP contribution is 2.26. The first kappa shape index (κ1) is 13.6. The van der Waals surface area contributed by atoms with E-state index in [0.717, 1.165) is 49.3 Å². The minimum absolute atomic E-state index is 0.103. The first-order valence-corrected chi connectivity index (χ1v) is 7.42. The van der Waals surface area contributed by atoms with Crippen molar-refractivity contribution < 1.29 is 4.79 Å². The van der Waals surface area contributed by atoms with Gasteiger partial charge in [-0.25, -0.2) is 0 Å². The molecule has 2 aliphatic heterocycles.